The van der Waals surface area contributed by atoms with Crippen LogP contribution in [0, 0.1) is 11.3 Å². The summed E-state index contributed by atoms with van der Waals surface area (Å²) in [5, 5.41) is 0. The Bertz CT molecular complexity index is 637. The van der Waals surface area contributed by atoms with E-state index in [9.17, 15) is 57.1 Å². The highest BCUT2D eigenvalue weighted by atomic mass is 19.4. The van der Waals surface area contributed by atoms with Gasteiger partial charge in [0.2, 0.25) is 5.41 Å². The predicted molar refractivity (Wildman–Crippen MR) is 67.8 cm³/mol. The Morgan fingerprint density at radius 2 is 1.21 bits per heavy atom. The molecule has 1 rings (SSSR count). The third-order valence-electron chi connectivity index (χ3n) is 4.21. The maximum atomic E-state index is 13.4. The van der Waals surface area contributed by atoms with Gasteiger partial charge in [0.25, 0.3) is 0 Å². The molecule has 2 nitrogen and oxygen atoms in total. The van der Waals surface area contributed by atoms with Gasteiger partial charge in [0.1, 0.15) is 0 Å². The molecule has 0 fully saturated rings. The van der Waals surface area contributed by atoms with Gasteiger partial charge in [-0.1, -0.05) is 6.08 Å². The molecule has 15 heteroatoms. The average molecular weight is 442 g/mol. The van der Waals surface area contributed by atoms with Crippen molar-refractivity contribution in [1.82, 2.24) is 0 Å². The van der Waals surface area contributed by atoms with E-state index in [-0.39, 0.29) is 12.2 Å². The Balaban J connectivity index is 3.43. The Hall–Kier alpha value is -1.83. The second-order valence-electron chi connectivity index (χ2n) is 5.99. The Labute approximate surface area is 148 Å². The highest BCUT2D eigenvalue weighted by Crippen LogP contribution is 2.61. The maximum Gasteiger partial charge on any atom is 0.459 e. The molecule has 0 aromatic heterocycles. The van der Waals surface area contributed by atoms with Crippen LogP contribution in [0.15, 0.2) is 23.5 Å². The van der Waals surface area contributed by atoms with E-state index in [1.807, 2.05) is 0 Å². The molecule has 0 aromatic carbocycles. The van der Waals surface area contributed by atoms with Crippen molar-refractivity contribution in [1.29, 1.82) is 0 Å². The highest BCUT2D eigenvalue weighted by Gasteiger charge is 2.77. The second-order valence-corrected chi connectivity index (χ2v) is 5.99. The normalized spacial score (nSPS) is 22.0. The number of halogens is 13. The van der Waals surface area contributed by atoms with Gasteiger partial charge >= 0.3 is 30.4 Å². The lowest BCUT2D eigenvalue weighted by Gasteiger charge is -2.44. The molecule has 0 saturated carbocycles. The summed E-state index contributed by atoms with van der Waals surface area (Å²) in [4.78, 5) is 0. The van der Waals surface area contributed by atoms with Crippen molar-refractivity contribution in [2.75, 3.05) is 0 Å². The van der Waals surface area contributed by atoms with Crippen LogP contribution in [0.5, 0.6) is 0 Å². The zero-order valence-electron chi connectivity index (χ0n) is 13.2. The van der Waals surface area contributed by atoms with Gasteiger partial charge in [-0.2, -0.15) is 57.1 Å². The first-order valence-corrected chi connectivity index (χ1v) is 7.03. The number of rotatable bonds is 4. The van der Waals surface area contributed by atoms with Crippen LogP contribution in [0.2, 0.25) is 0 Å². The lowest BCUT2D eigenvalue weighted by Crippen LogP contribution is -2.59. The summed E-state index contributed by atoms with van der Waals surface area (Å²) >= 11 is 0. The third-order valence-corrected chi connectivity index (χ3v) is 4.21. The molecule has 0 spiro atoms. The van der Waals surface area contributed by atoms with Gasteiger partial charge in [-0.3, -0.25) is 0 Å². The molecule has 0 bridgehead atoms. The summed E-state index contributed by atoms with van der Waals surface area (Å²) in [5.74, 6) is -15.8. The molecule has 28 heavy (non-hydrogen) atoms. The molecule has 1 aliphatic rings. The number of allylic oxidation sites excluding steroid dienone is 3. The van der Waals surface area contributed by atoms with Crippen molar-refractivity contribution < 1.29 is 57.1 Å². The molecule has 0 saturated heterocycles. The van der Waals surface area contributed by atoms with Crippen molar-refractivity contribution in [3.8, 4) is 0 Å². The summed E-state index contributed by atoms with van der Waals surface area (Å²) in [7, 11) is 0. The first-order valence-electron chi connectivity index (χ1n) is 7.03. The van der Waals surface area contributed by atoms with Crippen LogP contribution in [-0.4, -0.2) is 30.4 Å². The minimum Gasteiger partial charge on any atom is -0.401 e. The van der Waals surface area contributed by atoms with E-state index < -0.39 is 65.9 Å². The molecule has 0 aromatic rings. The standard InChI is InChI=1S/C13H11F13N2/c14-8(15,10(16,17)13(24,25)26)2-1-5-3-6(27)4-7(28)9(5,11(18,19)20)12(21,22)23/h3-5H,1-2,27-28H2. The van der Waals surface area contributed by atoms with E-state index in [0.29, 0.717) is 0 Å². The average Bonchev–Trinajstić information content (AvgIpc) is 2.40. The monoisotopic (exact) mass is 442 g/mol. The molecule has 1 aliphatic carbocycles. The minimum absolute atomic E-state index is 0.000842. The van der Waals surface area contributed by atoms with E-state index in [4.69, 9.17) is 11.5 Å². The summed E-state index contributed by atoms with van der Waals surface area (Å²) < 4.78 is 169. The predicted octanol–water partition coefficient (Wildman–Crippen LogP) is 5.03. The van der Waals surface area contributed by atoms with Gasteiger partial charge in [0.15, 0.2) is 0 Å². The van der Waals surface area contributed by atoms with E-state index in [0.717, 1.165) is 0 Å². The smallest absolute Gasteiger partial charge is 0.401 e. The minimum atomic E-state index is -6.79. The van der Waals surface area contributed by atoms with E-state index in [1.165, 1.54) is 0 Å². The van der Waals surface area contributed by atoms with Gasteiger partial charge in [0.05, 0.1) is 0 Å². The molecule has 4 N–H and O–H groups in total. The molecule has 0 amide bonds. The number of alkyl halides is 13. The van der Waals surface area contributed by atoms with E-state index in [2.05, 4.69) is 0 Å². The number of nitrogens with two attached hydrogens (primary N) is 2. The molecule has 0 aliphatic heterocycles. The van der Waals surface area contributed by atoms with Crippen LogP contribution in [0.3, 0.4) is 0 Å². The van der Waals surface area contributed by atoms with Gasteiger partial charge in [0, 0.05) is 23.7 Å². The van der Waals surface area contributed by atoms with Crippen LogP contribution in [0.1, 0.15) is 12.8 Å². The molecule has 0 radical (unpaired) electrons. The fraction of sp³-hybridized carbons (Fsp3) is 0.692. The van der Waals surface area contributed by atoms with Crippen molar-refractivity contribution >= 4 is 0 Å². The lowest BCUT2D eigenvalue weighted by molar-refractivity contribution is -0.360. The van der Waals surface area contributed by atoms with Crippen LogP contribution >= 0.6 is 0 Å². The van der Waals surface area contributed by atoms with Crippen LogP contribution in [-0.2, 0) is 0 Å². The second kappa shape index (κ2) is 6.61. The van der Waals surface area contributed by atoms with Crippen molar-refractivity contribution in [2.45, 2.75) is 43.2 Å². The number of hydrogen-bond donors (Lipinski definition) is 2. The third kappa shape index (κ3) is 3.58. The Kier molecular flexibility index (Phi) is 5.71. The molecule has 0 heterocycles. The molecule has 1 atom stereocenters. The molecule has 164 valence electrons. The van der Waals surface area contributed by atoms with Gasteiger partial charge in [-0.25, -0.2) is 0 Å². The topological polar surface area (TPSA) is 52.0 Å². The fourth-order valence-corrected chi connectivity index (χ4v) is 2.82. The first kappa shape index (κ1) is 24.2. The summed E-state index contributed by atoms with van der Waals surface area (Å²) in [5.41, 5.74) is 2.13. The highest BCUT2D eigenvalue weighted by molar-refractivity contribution is 5.35. The van der Waals surface area contributed by atoms with E-state index in [1.54, 1.807) is 0 Å². The SMILES string of the molecule is NC1=CC(CCC(F)(F)C(F)(F)C(F)(F)F)C(C(F)(F)F)(C(F)(F)F)C(N)=C1. The fourth-order valence-electron chi connectivity index (χ4n) is 2.82. The molecular weight excluding hydrogens is 431 g/mol. The van der Waals surface area contributed by atoms with Crippen LogP contribution < -0.4 is 11.5 Å². The largest absolute Gasteiger partial charge is 0.459 e. The Morgan fingerprint density at radius 3 is 1.57 bits per heavy atom. The van der Waals surface area contributed by atoms with Crippen molar-refractivity contribution in [3.63, 3.8) is 0 Å². The van der Waals surface area contributed by atoms with Gasteiger partial charge in [-0.15, -0.1) is 0 Å². The maximum absolute atomic E-state index is 13.4. The quantitative estimate of drug-likeness (QED) is 0.601. The van der Waals surface area contributed by atoms with E-state index >= 15 is 0 Å². The Morgan fingerprint density at radius 1 is 0.786 bits per heavy atom. The number of hydrogen-bond acceptors (Lipinski definition) is 2. The summed E-state index contributed by atoms with van der Waals surface area (Å²) in [6.45, 7) is 0. The van der Waals surface area contributed by atoms with Crippen LogP contribution in [0.4, 0.5) is 57.1 Å². The van der Waals surface area contributed by atoms with Crippen molar-refractivity contribution in [3.05, 3.63) is 23.5 Å². The summed E-state index contributed by atoms with van der Waals surface area (Å²) in [6, 6.07) is 0. The zero-order valence-corrected chi connectivity index (χ0v) is 13.2. The van der Waals surface area contributed by atoms with Gasteiger partial charge in [-0.05, 0) is 12.5 Å². The summed E-state index contributed by atoms with van der Waals surface area (Å²) in [6.07, 6.45) is -24.0. The lowest BCUT2D eigenvalue weighted by atomic mass is 9.66. The van der Waals surface area contributed by atoms with Crippen molar-refractivity contribution in [2.24, 2.45) is 22.8 Å². The first-order chi connectivity index (χ1) is 12.1. The van der Waals surface area contributed by atoms with Crippen LogP contribution in [0.25, 0.3) is 0 Å². The van der Waals surface area contributed by atoms with Gasteiger partial charge < -0.3 is 11.5 Å². The molecular formula is C13H11F13N2. The zero-order chi connectivity index (χ0) is 22.6. The molecule has 1 unspecified atom stereocenters.